The van der Waals surface area contributed by atoms with Crippen molar-refractivity contribution in [3.8, 4) is 0 Å². The maximum absolute atomic E-state index is 12.0. The maximum atomic E-state index is 12.0. The van der Waals surface area contributed by atoms with E-state index in [2.05, 4.69) is 10.6 Å². The lowest BCUT2D eigenvalue weighted by molar-refractivity contribution is -0.119. The van der Waals surface area contributed by atoms with Crippen LogP contribution in [0.2, 0.25) is 0 Å². The molecule has 7 N–H and O–H groups in total. The Hall–Kier alpha value is -2.36. The van der Waals surface area contributed by atoms with E-state index in [9.17, 15) is 14.4 Å². The van der Waals surface area contributed by atoms with Crippen LogP contribution in [-0.4, -0.2) is 47.2 Å². The van der Waals surface area contributed by atoms with Crippen molar-refractivity contribution in [1.82, 2.24) is 10.6 Å². The van der Waals surface area contributed by atoms with Gasteiger partial charge in [0.05, 0.1) is 11.8 Å². The van der Waals surface area contributed by atoms with Gasteiger partial charge in [0.25, 0.3) is 0 Å². The summed E-state index contributed by atoms with van der Waals surface area (Å²) in [6.45, 7) is 10.1. The zero-order chi connectivity index (χ0) is 20.7. The van der Waals surface area contributed by atoms with Crippen LogP contribution in [0.1, 0.15) is 54.4 Å². The zero-order valence-electron chi connectivity index (χ0n) is 16.3. The van der Waals surface area contributed by atoms with Crippen molar-refractivity contribution in [2.24, 2.45) is 11.5 Å². The molecule has 0 heterocycles. The number of amides is 3. The summed E-state index contributed by atoms with van der Waals surface area (Å²) in [7, 11) is 0. The summed E-state index contributed by atoms with van der Waals surface area (Å²) < 4.78 is 10.3. The number of hydrogen-bond donors (Lipinski definition) is 5. The van der Waals surface area contributed by atoms with Crippen LogP contribution in [-0.2, 0) is 14.3 Å². The first-order chi connectivity index (χ1) is 11.6. The molecule has 0 aliphatic rings. The predicted octanol–water partition coefficient (Wildman–Crippen LogP) is 0.974. The normalized spacial score (nSPS) is 12.9. The molecule has 10 heteroatoms. The molecule has 0 saturated carbocycles. The van der Waals surface area contributed by atoms with Gasteiger partial charge in [0, 0.05) is 0 Å². The fourth-order valence-corrected chi connectivity index (χ4v) is 1.66. The quantitative estimate of drug-likeness (QED) is 0.329. The van der Waals surface area contributed by atoms with E-state index in [1.165, 1.54) is 0 Å². The lowest BCUT2D eigenvalue weighted by atomic mass is 10.1. The topological polar surface area (TPSA) is 170 Å². The summed E-state index contributed by atoms with van der Waals surface area (Å²) in [6, 6.07) is -0.931. The van der Waals surface area contributed by atoms with Gasteiger partial charge < -0.3 is 26.4 Å². The zero-order valence-corrected chi connectivity index (χ0v) is 16.3. The Morgan fingerprint density at radius 1 is 0.962 bits per heavy atom. The molecule has 3 amide bonds. The summed E-state index contributed by atoms with van der Waals surface area (Å²) in [4.78, 5) is 34.9. The van der Waals surface area contributed by atoms with Crippen molar-refractivity contribution in [2.45, 2.75) is 77.8 Å². The molecule has 0 radical (unpaired) electrons. The van der Waals surface area contributed by atoms with Gasteiger partial charge in [-0.3, -0.25) is 15.4 Å². The highest BCUT2D eigenvalue weighted by Gasteiger charge is 2.26. The van der Waals surface area contributed by atoms with Gasteiger partial charge in [0.2, 0.25) is 5.91 Å². The number of carbonyl (C=O) groups is 3. The smallest absolute Gasteiger partial charge is 0.409 e. The highest BCUT2D eigenvalue weighted by atomic mass is 16.6. The maximum Gasteiger partial charge on any atom is 0.409 e. The van der Waals surface area contributed by atoms with Gasteiger partial charge in [-0.05, 0) is 54.4 Å². The third-order valence-corrected chi connectivity index (χ3v) is 2.76. The predicted molar refractivity (Wildman–Crippen MR) is 96.7 cm³/mol. The molecule has 10 nitrogen and oxygen atoms in total. The first-order valence-electron chi connectivity index (χ1n) is 8.22. The van der Waals surface area contributed by atoms with Gasteiger partial charge in [-0.25, -0.2) is 9.59 Å². The standard InChI is InChI=1S/C16H31N5O5/c1-15(2,3)25-13(23)20-12(21-14(24)26-16(4,5)6)10(18)8-7-9(17)11(19)22/h9,12,18H,7-8,17H2,1-6H3,(H2,19,22)(H,20,23)(H,21,24)/t9-/m1/s1. The summed E-state index contributed by atoms with van der Waals surface area (Å²) in [5.41, 5.74) is 9.03. The summed E-state index contributed by atoms with van der Waals surface area (Å²) in [5, 5.41) is 12.9. The summed E-state index contributed by atoms with van der Waals surface area (Å²) in [5.74, 6) is -0.699. The molecule has 0 rings (SSSR count). The SMILES string of the molecule is CC(C)(C)OC(=O)NC(NC(=O)OC(C)(C)C)C(=N)CC[C@@H](N)C(N)=O. The molecule has 0 spiro atoms. The summed E-state index contributed by atoms with van der Waals surface area (Å²) >= 11 is 0. The Kier molecular flexibility index (Phi) is 8.52. The molecule has 26 heavy (non-hydrogen) atoms. The molecule has 0 aromatic rings. The monoisotopic (exact) mass is 373 g/mol. The number of nitrogens with one attached hydrogen (secondary N) is 3. The third-order valence-electron chi connectivity index (χ3n) is 2.76. The van der Waals surface area contributed by atoms with E-state index in [4.69, 9.17) is 26.4 Å². The van der Waals surface area contributed by atoms with Crippen molar-refractivity contribution >= 4 is 23.8 Å². The van der Waals surface area contributed by atoms with Crippen molar-refractivity contribution < 1.29 is 23.9 Å². The van der Waals surface area contributed by atoms with Crippen LogP contribution in [0.25, 0.3) is 0 Å². The number of ether oxygens (including phenoxy) is 2. The van der Waals surface area contributed by atoms with E-state index >= 15 is 0 Å². The first-order valence-corrected chi connectivity index (χ1v) is 8.22. The lowest BCUT2D eigenvalue weighted by Gasteiger charge is -2.26. The minimum absolute atomic E-state index is 0.0281. The van der Waals surface area contributed by atoms with Crippen LogP contribution in [0.3, 0.4) is 0 Å². The van der Waals surface area contributed by atoms with E-state index in [1.54, 1.807) is 41.5 Å². The highest BCUT2D eigenvalue weighted by molar-refractivity contribution is 5.92. The van der Waals surface area contributed by atoms with E-state index in [0.717, 1.165) is 0 Å². The Bertz CT molecular complexity index is 506. The minimum atomic E-state index is -1.18. The molecule has 0 fully saturated rings. The van der Waals surface area contributed by atoms with Crippen molar-refractivity contribution in [3.05, 3.63) is 0 Å². The second-order valence-corrected chi connectivity index (χ2v) is 7.80. The van der Waals surface area contributed by atoms with Crippen molar-refractivity contribution in [2.75, 3.05) is 0 Å². The Morgan fingerprint density at radius 2 is 1.35 bits per heavy atom. The molecular formula is C16H31N5O5. The number of hydrogen-bond acceptors (Lipinski definition) is 7. The van der Waals surface area contributed by atoms with Gasteiger partial charge in [-0.2, -0.15) is 0 Å². The van der Waals surface area contributed by atoms with Crippen LogP contribution in [0.4, 0.5) is 9.59 Å². The average molecular weight is 373 g/mol. The Balaban J connectivity index is 5.02. The van der Waals surface area contributed by atoms with Crippen molar-refractivity contribution in [1.29, 1.82) is 5.41 Å². The number of primary amides is 1. The van der Waals surface area contributed by atoms with Gasteiger partial charge in [-0.1, -0.05) is 0 Å². The van der Waals surface area contributed by atoms with Gasteiger partial charge in [-0.15, -0.1) is 0 Å². The average Bonchev–Trinajstić information content (AvgIpc) is 2.39. The summed E-state index contributed by atoms with van der Waals surface area (Å²) in [6.07, 6.45) is -2.69. The molecule has 0 bridgehead atoms. The lowest BCUT2D eigenvalue weighted by Crippen LogP contribution is -2.54. The minimum Gasteiger partial charge on any atom is -0.444 e. The van der Waals surface area contributed by atoms with E-state index in [1.807, 2.05) is 0 Å². The second-order valence-electron chi connectivity index (χ2n) is 7.80. The number of rotatable bonds is 7. The first kappa shape index (κ1) is 23.6. The second kappa shape index (κ2) is 9.37. The fraction of sp³-hybridized carbons (Fsp3) is 0.750. The van der Waals surface area contributed by atoms with E-state index in [0.29, 0.717) is 0 Å². The van der Waals surface area contributed by atoms with E-state index < -0.39 is 41.5 Å². The van der Waals surface area contributed by atoms with Gasteiger partial charge in [0.15, 0.2) is 0 Å². The van der Waals surface area contributed by atoms with Crippen LogP contribution in [0.5, 0.6) is 0 Å². The van der Waals surface area contributed by atoms with Crippen LogP contribution >= 0.6 is 0 Å². The van der Waals surface area contributed by atoms with Crippen molar-refractivity contribution in [3.63, 3.8) is 0 Å². The number of carbonyl (C=O) groups excluding carboxylic acids is 3. The molecule has 0 aliphatic heterocycles. The molecule has 1 atom stereocenters. The number of nitrogens with two attached hydrogens (primary N) is 2. The Labute approximate surface area is 153 Å². The molecule has 0 aromatic carbocycles. The highest BCUT2D eigenvalue weighted by Crippen LogP contribution is 2.09. The fourth-order valence-electron chi connectivity index (χ4n) is 1.66. The molecule has 0 saturated heterocycles. The molecule has 0 aromatic heterocycles. The number of alkyl carbamates (subject to hydrolysis) is 2. The molecular weight excluding hydrogens is 342 g/mol. The van der Waals surface area contributed by atoms with E-state index in [-0.39, 0.29) is 18.6 Å². The molecule has 0 aliphatic carbocycles. The Morgan fingerprint density at radius 3 is 1.65 bits per heavy atom. The van der Waals surface area contributed by atoms with Gasteiger partial charge in [0.1, 0.15) is 17.4 Å². The van der Waals surface area contributed by atoms with Crippen LogP contribution in [0.15, 0.2) is 0 Å². The third kappa shape index (κ3) is 11.2. The van der Waals surface area contributed by atoms with Crippen LogP contribution < -0.4 is 22.1 Å². The van der Waals surface area contributed by atoms with Gasteiger partial charge >= 0.3 is 12.2 Å². The molecule has 0 unspecified atom stereocenters. The molecule has 150 valence electrons. The largest absolute Gasteiger partial charge is 0.444 e. The van der Waals surface area contributed by atoms with Crippen LogP contribution in [0, 0.1) is 5.41 Å².